The van der Waals surface area contributed by atoms with Crippen molar-refractivity contribution in [2.24, 2.45) is 5.73 Å². The van der Waals surface area contributed by atoms with Crippen LogP contribution in [0.25, 0.3) is 0 Å². The SMILES string of the molecule is COc1ccc(C2C(N)CC(=O)N2C(C)C)cc1Br. The van der Waals surface area contributed by atoms with Gasteiger partial charge in [-0.2, -0.15) is 0 Å². The molecule has 19 heavy (non-hydrogen) atoms. The van der Waals surface area contributed by atoms with Gasteiger partial charge in [0.05, 0.1) is 17.6 Å². The number of amides is 1. The maximum atomic E-state index is 12.0. The molecule has 2 rings (SSSR count). The first kappa shape index (κ1) is 14.3. The van der Waals surface area contributed by atoms with Gasteiger partial charge >= 0.3 is 0 Å². The van der Waals surface area contributed by atoms with Crippen LogP contribution in [0.5, 0.6) is 5.75 Å². The monoisotopic (exact) mass is 326 g/mol. The zero-order chi connectivity index (χ0) is 14.2. The summed E-state index contributed by atoms with van der Waals surface area (Å²) < 4.78 is 6.10. The summed E-state index contributed by atoms with van der Waals surface area (Å²) in [5.41, 5.74) is 7.18. The van der Waals surface area contributed by atoms with E-state index < -0.39 is 0 Å². The standard InChI is InChI=1S/C14H19BrN2O2/c1-8(2)17-13(18)7-11(16)14(17)9-4-5-12(19-3)10(15)6-9/h4-6,8,11,14H,7,16H2,1-3H3. The second-order valence-corrected chi connectivity index (χ2v) is 5.96. The molecule has 0 aromatic heterocycles. The fraction of sp³-hybridized carbons (Fsp3) is 0.500. The van der Waals surface area contributed by atoms with Crippen LogP contribution in [0.3, 0.4) is 0 Å². The summed E-state index contributed by atoms with van der Waals surface area (Å²) in [5.74, 6) is 0.900. The third-order valence-corrected chi connectivity index (χ3v) is 4.10. The highest BCUT2D eigenvalue weighted by Crippen LogP contribution is 2.36. The van der Waals surface area contributed by atoms with Gasteiger partial charge in [0.15, 0.2) is 0 Å². The summed E-state index contributed by atoms with van der Waals surface area (Å²) in [5, 5.41) is 0. The van der Waals surface area contributed by atoms with Crippen molar-refractivity contribution >= 4 is 21.8 Å². The first-order valence-corrected chi connectivity index (χ1v) is 7.15. The van der Waals surface area contributed by atoms with E-state index in [9.17, 15) is 4.79 Å². The van der Waals surface area contributed by atoms with Gasteiger partial charge in [0.1, 0.15) is 5.75 Å². The Morgan fingerprint density at radius 3 is 2.68 bits per heavy atom. The topological polar surface area (TPSA) is 55.6 Å². The zero-order valence-electron chi connectivity index (χ0n) is 11.4. The molecule has 1 aromatic carbocycles. The molecule has 2 unspecified atom stereocenters. The zero-order valence-corrected chi connectivity index (χ0v) is 13.0. The lowest BCUT2D eigenvalue weighted by Gasteiger charge is -2.31. The Morgan fingerprint density at radius 1 is 1.47 bits per heavy atom. The lowest BCUT2D eigenvalue weighted by Crippen LogP contribution is -2.37. The van der Waals surface area contributed by atoms with E-state index in [0.29, 0.717) is 6.42 Å². The second-order valence-electron chi connectivity index (χ2n) is 5.10. The van der Waals surface area contributed by atoms with Gasteiger partial charge in [-0.05, 0) is 47.5 Å². The average molecular weight is 327 g/mol. The molecular formula is C14H19BrN2O2. The molecule has 2 atom stereocenters. The highest BCUT2D eigenvalue weighted by atomic mass is 79.9. The number of nitrogens with two attached hydrogens (primary N) is 1. The molecule has 0 spiro atoms. The number of rotatable bonds is 3. The third-order valence-electron chi connectivity index (χ3n) is 3.48. The maximum absolute atomic E-state index is 12.0. The van der Waals surface area contributed by atoms with Gasteiger partial charge in [-0.1, -0.05) is 6.07 Å². The minimum absolute atomic E-state index is 0.0605. The van der Waals surface area contributed by atoms with Gasteiger partial charge in [-0.3, -0.25) is 4.79 Å². The molecule has 0 bridgehead atoms. The molecule has 1 heterocycles. The third kappa shape index (κ3) is 2.62. The molecule has 1 saturated heterocycles. The Labute approximate surface area is 122 Å². The smallest absolute Gasteiger partial charge is 0.225 e. The van der Waals surface area contributed by atoms with Crippen LogP contribution in [0, 0.1) is 0 Å². The molecule has 1 amide bonds. The van der Waals surface area contributed by atoms with Crippen LogP contribution in [0.15, 0.2) is 22.7 Å². The Bertz CT molecular complexity index is 490. The van der Waals surface area contributed by atoms with Crippen LogP contribution in [-0.4, -0.2) is 30.0 Å². The van der Waals surface area contributed by atoms with Crippen molar-refractivity contribution in [2.45, 2.75) is 38.4 Å². The first-order chi connectivity index (χ1) is 8.95. The predicted octanol–water partition coefficient (Wildman–Crippen LogP) is 2.47. The number of hydrogen-bond acceptors (Lipinski definition) is 3. The Morgan fingerprint density at radius 2 is 2.16 bits per heavy atom. The molecule has 4 nitrogen and oxygen atoms in total. The van der Waals surface area contributed by atoms with Crippen molar-refractivity contribution in [3.05, 3.63) is 28.2 Å². The van der Waals surface area contributed by atoms with Crippen molar-refractivity contribution < 1.29 is 9.53 Å². The van der Waals surface area contributed by atoms with Crippen LogP contribution < -0.4 is 10.5 Å². The summed E-state index contributed by atoms with van der Waals surface area (Å²) in [4.78, 5) is 13.9. The molecule has 1 aliphatic heterocycles. The lowest BCUT2D eigenvalue weighted by molar-refractivity contribution is -0.130. The van der Waals surface area contributed by atoms with Crippen molar-refractivity contribution in [2.75, 3.05) is 7.11 Å². The molecule has 0 saturated carbocycles. The highest BCUT2D eigenvalue weighted by molar-refractivity contribution is 9.10. The fourth-order valence-corrected chi connectivity index (χ4v) is 3.22. The Hall–Kier alpha value is -1.07. The quantitative estimate of drug-likeness (QED) is 0.928. The van der Waals surface area contributed by atoms with Gasteiger partial charge in [-0.15, -0.1) is 0 Å². The van der Waals surface area contributed by atoms with Crippen LogP contribution >= 0.6 is 15.9 Å². The van der Waals surface area contributed by atoms with E-state index in [0.717, 1.165) is 15.8 Å². The van der Waals surface area contributed by atoms with E-state index in [1.165, 1.54) is 0 Å². The van der Waals surface area contributed by atoms with Crippen molar-refractivity contribution in [1.29, 1.82) is 0 Å². The van der Waals surface area contributed by atoms with Crippen LogP contribution in [0.1, 0.15) is 31.9 Å². The number of nitrogens with zero attached hydrogens (tertiary/aromatic N) is 1. The number of carbonyl (C=O) groups is 1. The van der Waals surface area contributed by atoms with Crippen molar-refractivity contribution in [1.82, 2.24) is 4.90 Å². The lowest BCUT2D eigenvalue weighted by atomic mass is 10.00. The maximum Gasteiger partial charge on any atom is 0.225 e. The fourth-order valence-electron chi connectivity index (χ4n) is 2.66. The number of hydrogen-bond donors (Lipinski definition) is 1. The normalized spacial score (nSPS) is 23.3. The van der Waals surface area contributed by atoms with Gasteiger partial charge < -0.3 is 15.4 Å². The van der Waals surface area contributed by atoms with Crippen molar-refractivity contribution in [3.8, 4) is 5.75 Å². The second kappa shape index (κ2) is 5.51. The summed E-state index contributed by atoms with van der Waals surface area (Å²) in [6, 6.07) is 5.78. The minimum atomic E-state index is -0.157. The molecule has 104 valence electrons. The first-order valence-electron chi connectivity index (χ1n) is 6.36. The molecule has 0 aliphatic carbocycles. The van der Waals surface area contributed by atoms with Crippen molar-refractivity contribution in [3.63, 3.8) is 0 Å². The van der Waals surface area contributed by atoms with Gasteiger partial charge in [0.25, 0.3) is 0 Å². The van der Waals surface area contributed by atoms with Crippen LogP contribution in [0.4, 0.5) is 0 Å². The average Bonchev–Trinajstić information content (AvgIpc) is 2.64. The Balaban J connectivity index is 2.38. The van der Waals surface area contributed by atoms with Gasteiger partial charge in [0, 0.05) is 18.5 Å². The molecule has 0 radical (unpaired) electrons. The van der Waals surface area contributed by atoms with Gasteiger partial charge in [0.2, 0.25) is 5.91 Å². The summed E-state index contributed by atoms with van der Waals surface area (Å²) in [6.07, 6.45) is 0.409. The highest BCUT2D eigenvalue weighted by Gasteiger charge is 2.39. The number of halogens is 1. The largest absolute Gasteiger partial charge is 0.496 e. The molecule has 1 aromatic rings. The van der Waals surface area contributed by atoms with Crippen LogP contribution in [0.2, 0.25) is 0 Å². The predicted molar refractivity (Wildman–Crippen MR) is 78.0 cm³/mol. The van der Waals surface area contributed by atoms with Gasteiger partial charge in [-0.25, -0.2) is 0 Å². The molecular weight excluding hydrogens is 308 g/mol. The van der Waals surface area contributed by atoms with Crippen LogP contribution in [-0.2, 0) is 4.79 Å². The number of benzene rings is 1. The Kier molecular flexibility index (Phi) is 4.16. The van der Waals surface area contributed by atoms with E-state index >= 15 is 0 Å². The summed E-state index contributed by atoms with van der Waals surface area (Å²) in [6.45, 7) is 4.03. The minimum Gasteiger partial charge on any atom is -0.496 e. The van der Waals surface area contributed by atoms with E-state index in [4.69, 9.17) is 10.5 Å². The number of carbonyl (C=O) groups excluding carboxylic acids is 1. The van der Waals surface area contributed by atoms with E-state index in [1.807, 2.05) is 36.9 Å². The van der Waals surface area contributed by atoms with E-state index in [1.54, 1.807) is 7.11 Å². The molecule has 1 aliphatic rings. The number of likely N-dealkylation sites (tertiary alicyclic amines) is 1. The number of methoxy groups -OCH3 is 1. The summed E-state index contributed by atoms with van der Waals surface area (Å²) in [7, 11) is 1.63. The van der Waals surface area contributed by atoms with E-state index in [-0.39, 0.29) is 24.0 Å². The molecule has 2 N–H and O–H groups in total. The molecule has 5 heteroatoms. The van der Waals surface area contributed by atoms with E-state index in [2.05, 4.69) is 15.9 Å². The number of ether oxygens (including phenoxy) is 1. The molecule has 1 fully saturated rings. The summed E-state index contributed by atoms with van der Waals surface area (Å²) >= 11 is 3.48.